The van der Waals surface area contributed by atoms with Gasteiger partial charge in [0.05, 0.1) is 32.5 Å². The van der Waals surface area contributed by atoms with E-state index in [-0.39, 0.29) is 11.9 Å². The number of methoxy groups -OCH3 is 1. The average Bonchev–Trinajstić information content (AvgIpc) is 2.35. The highest BCUT2D eigenvalue weighted by Gasteiger charge is 2.13. The van der Waals surface area contributed by atoms with Crippen LogP contribution in [0, 0.1) is 0 Å². The summed E-state index contributed by atoms with van der Waals surface area (Å²) in [6.07, 6.45) is 1.56. The third-order valence-corrected chi connectivity index (χ3v) is 2.34. The van der Waals surface area contributed by atoms with Crippen LogP contribution in [0.2, 0.25) is 0 Å². The number of nitrogens with one attached hydrogen (secondary N) is 1. The Morgan fingerprint density at radius 3 is 2.33 bits per heavy atom. The van der Waals surface area contributed by atoms with E-state index in [0.717, 1.165) is 13.0 Å². The predicted molar refractivity (Wildman–Crippen MR) is 69.4 cm³/mol. The maximum absolute atomic E-state index is 11.1. The van der Waals surface area contributed by atoms with Crippen LogP contribution in [-0.2, 0) is 19.0 Å². The fourth-order valence-corrected chi connectivity index (χ4v) is 1.33. The lowest BCUT2D eigenvalue weighted by Crippen LogP contribution is -2.42. The van der Waals surface area contributed by atoms with Crippen molar-refractivity contribution >= 4 is 5.91 Å². The maximum atomic E-state index is 11.1. The molecule has 1 atom stereocenters. The van der Waals surface area contributed by atoms with Crippen molar-refractivity contribution in [3.63, 3.8) is 0 Å². The third kappa shape index (κ3) is 10.5. The van der Waals surface area contributed by atoms with Crippen molar-refractivity contribution in [1.82, 2.24) is 5.32 Å². The van der Waals surface area contributed by atoms with E-state index in [0.29, 0.717) is 39.5 Å². The molecule has 1 amide bonds. The molecule has 0 spiro atoms. The number of hydrogen-bond acceptors (Lipinski definition) is 5. The Balaban J connectivity index is 3.40. The molecule has 0 heterocycles. The molecule has 0 saturated carbocycles. The van der Waals surface area contributed by atoms with E-state index in [1.807, 2.05) is 6.92 Å². The van der Waals surface area contributed by atoms with Gasteiger partial charge in [0, 0.05) is 13.7 Å². The molecule has 0 aliphatic heterocycles. The number of ether oxygens (including phenoxy) is 3. The molecule has 108 valence electrons. The number of nitrogens with two attached hydrogens (primary N) is 1. The maximum Gasteiger partial charge on any atom is 0.234 e. The van der Waals surface area contributed by atoms with Crippen LogP contribution in [0.5, 0.6) is 0 Å². The number of rotatable bonds is 13. The van der Waals surface area contributed by atoms with Crippen LogP contribution in [0.15, 0.2) is 0 Å². The van der Waals surface area contributed by atoms with Gasteiger partial charge in [-0.15, -0.1) is 0 Å². The molecule has 0 fully saturated rings. The van der Waals surface area contributed by atoms with Gasteiger partial charge >= 0.3 is 0 Å². The molecule has 0 saturated heterocycles. The minimum absolute atomic E-state index is 0.306. The Labute approximate surface area is 109 Å². The molecule has 0 bridgehead atoms. The van der Waals surface area contributed by atoms with Crippen molar-refractivity contribution in [3.05, 3.63) is 0 Å². The van der Waals surface area contributed by atoms with E-state index in [1.165, 1.54) is 0 Å². The SMILES string of the molecule is CCCNC(CCOCCOCCOC)C(N)=O. The van der Waals surface area contributed by atoms with Crippen molar-refractivity contribution < 1.29 is 19.0 Å². The van der Waals surface area contributed by atoms with E-state index in [9.17, 15) is 4.79 Å². The Hall–Kier alpha value is -0.690. The number of primary amides is 1. The Kier molecular flexibility index (Phi) is 12.3. The monoisotopic (exact) mass is 262 g/mol. The van der Waals surface area contributed by atoms with E-state index < -0.39 is 0 Å². The highest BCUT2D eigenvalue weighted by atomic mass is 16.5. The number of carbonyl (C=O) groups excluding carboxylic acids is 1. The van der Waals surface area contributed by atoms with Crippen LogP contribution in [0.4, 0.5) is 0 Å². The number of amides is 1. The highest BCUT2D eigenvalue weighted by molar-refractivity contribution is 5.79. The molecular weight excluding hydrogens is 236 g/mol. The lowest BCUT2D eigenvalue weighted by molar-refractivity contribution is -0.120. The molecular formula is C12H26N2O4. The van der Waals surface area contributed by atoms with Gasteiger partial charge in [-0.05, 0) is 19.4 Å². The summed E-state index contributed by atoms with van der Waals surface area (Å²) in [5.74, 6) is -0.330. The summed E-state index contributed by atoms with van der Waals surface area (Å²) in [6, 6.07) is -0.306. The fraction of sp³-hybridized carbons (Fsp3) is 0.917. The lowest BCUT2D eigenvalue weighted by atomic mass is 10.2. The van der Waals surface area contributed by atoms with Gasteiger partial charge in [-0.2, -0.15) is 0 Å². The van der Waals surface area contributed by atoms with E-state index >= 15 is 0 Å². The minimum Gasteiger partial charge on any atom is -0.382 e. The molecule has 0 aliphatic carbocycles. The first-order valence-corrected chi connectivity index (χ1v) is 6.39. The normalized spacial score (nSPS) is 12.6. The first-order valence-electron chi connectivity index (χ1n) is 6.39. The third-order valence-electron chi connectivity index (χ3n) is 2.34. The smallest absolute Gasteiger partial charge is 0.234 e. The second-order valence-electron chi connectivity index (χ2n) is 3.92. The molecule has 1 unspecified atom stereocenters. The van der Waals surface area contributed by atoms with Crippen LogP contribution in [0.1, 0.15) is 19.8 Å². The zero-order valence-corrected chi connectivity index (χ0v) is 11.4. The summed E-state index contributed by atoms with van der Waals surface area (Å²) in [6.45, 7) is 5.53. The molecule has 0 radical (unpaired) electrons. The van der Waals surface area contributed by atoms with Gasteiger partial charge in [0.1, 0.15) is 0 Å². The second kappa shape index (κ2) is 12.8. The predicted octanol–water partition coefficient (Wildman–Crippen LogP) is -0.0904. The summed E-state index contributed by atoms with van der Waals surface area (Å²) < 4.78 is 15.4. The molecule has 0 rings (SSSR count). The first-order chi connectivity index (χ1) is 8.72. The second-order valence-corrected chi connectivity index (χ2v) is 3.92. The molecule has 18 heavy (non-hydrogen) atoms. The first kappa shape index (κ1) is 17.3. The van der Waals surface area contributed by atoms with Crippen LogP contribution < -0.4 is 11.1 Å². The average molecular weight is 262 g/mol. The van der Waals surface area contributed by atoms with Gasteiger partial charge < -0.3 is 25.3 Å². The van der Waals surface area contributed by atoms with E-state index in [1.54, 1.807) is 7.11 Å². The van der Waals surface area contributed by atoms with E-state index in [4.69, 9.17) is 19.9 Å². The molecule has 3 N–H and O–H groups in total. The van der Waals surface area contributed by atoms with Crippen molar-refractivity contribution in [2.45, 2.75) is 25.8 Å². The molecule has 6 nitrogen and oxygen atoms in total. The quantitative estimate of drug-likeness (QED) is 0.453. The fourth-order valence-electron chi connectivity index (χ4n) is 1.33. The van der Waals surface area contributed by atoms with Crippen molar-refractivity contribution in [2.24, 2.45) is 5.73 Å². The van der Waals surface area contributed by atoms with E-state index in [2.05, 4.69) is 5.32 Å². The van der Waals surface area contributed by atoms with Gasteiger partial charge in [-0.25, -0.2) is 0 Å². The Morgan fingerprint density at radius 1 is 1.17 bits per heavy atom. The van der Waals surface area contributed by atoms with Crippen molar-refractivity contribution in [2.75, 3.05) is 46.7 Å². The zero-order valence-electron chi connectivity index (χ0n) is 11.4. The summed E-state index contributed by atoms with van der Waals surface area (Å²) >= 11 is 0. The standard InChI is InChI=1S/C12H26N2O4/c1-3-5-14-11(12(13)15)4-6-17-9-10-18-8-7-16-2/h11,14H,3-10H2,1-2H3,(H2,13,15). The van der Waals surface area contributed by atoms with Gasteiger partial charge in [-0.3, -0.25) is 4.79 Å². The van der Waals surface area contributed by atoms with Crippen LogP contribution in [-0.4, -0.2) is 58.6 Å². The zero-order chi connectivity index (χ0) is 13.6. The highest BCUT2D eigenvalue weighted by Crippen LogP contribution is 1.93. The molecule has 0 aromatic rings. The van der Waals surface area contributed by atoms with Crippen molar-refractivity contribution in [1.29, 1.82) is 0 Å². The summed E-state index contributed by atoms with van der Waals surface area (Å²) in [7, 11) is 1.63. The largest absolute Gasteiger partial charge is 0.382 e. The van der Waals surface area contributed by atoms with Crippen LogP contribution in [0.25, 0.3) is 0 Å². The Bertz CT molecular complexity index is 203. The molecule has 0 aliphatic rings. The molecule has 6 heteroatoms. The number of hydrogen-bond donors (Lipinski definition) is 2. The lowest BCUT2D eigenvalue weighted by Gasteiger charge is -2.14. The molecule has 0 aromatic carbocycles. The van der Waals surface area contributed by atoms with Gasteiger partial charge in [0.15, 0.2) is 0 Å². The van der Waals surface area contributed by atoms with Crippen LogP contribution >= 0.6 is 0 Å². The van der Waals surface area contributed by atoms with Gasteiger partial charge in [0.25, 0.3) is 0 Å². The summed E-state index contributed by atoms with van der Waals surface area (Å²) in [5.41, 5.74) is 5.28. The Morgan fingerprint density at radius 2 is 1.78 bits per heavy atom. The van der Waals surface area contributed by atoms with Crippen LogP contribution in [0.3, 0.4) is 0 Å². The number of carbonyl (C=O) groups is 1. The van der Waals surface area contributed by atoms with Gasteiger partial charge in [0.2, 0.25) is 5.91 Å². The molecule has 0 aromatic heterocycles. The minimum atomic E-state index is -0.330. The van der Waals surface area contributed by atoms with Gasteiger partial charge in [-0.1, -0.05) is 6.92 Å². The topological polar surface area (TPSA) is 82.8 Å². The summed E-state index contributed by atoms with van der Waals surface area (Å²) in [4.78, 5) is 11.1. The summed E-state index contributed by atoms with van der Waals surface area (Å²) in [5, 5.41) is 3.09. The van der Waals surface area contributed by atoms with Crippen molar-refractivity contribution in [3.8, 4) is 0 Å².